The first-order chi connectivity index (χ1) is 10.3. The molecule has 112 valence electrons. The zero-order valence-corrected chi connectivity index (χ0v) is 12.5. The maximum atomic E-state index is 5.44. The highest BCUT2D eigenvalue weighted by Gasteiger charge is 2.32. The smallest absolute Gasteiger partial charge is 0.228 e. The summed E-state index contributed by atoms with van der Waals surface area (Å²) in [6.45, 7) is 0. The van der Waals surface area contributed by atoms with Gasteiger partial charge >= 0.3 is 0 Å². The maximum Gasteiger partial charge on any atom is 0.228 e. The van der Waals surface area contributed by atoms with Gasteiger partial charge in [-0.2, -0.15) is 4.98 Å². The zero-order chi connectivity index (χ0) is 14.5. The second-order valence-electron chi connectivity index (χ2n) is 5.87. The van der Waals surface area contributed by atoms with Crippen LogP contribution in [0.4, 0.5) is 0 Å². The lowest BCUT2D eigenvalue weighted by Gasteiger charge is -2.36. The molecule has 0 amide bonds. The molecule has 0 aromatic carbocycles. The van der Waals surface area contributed by atoms with Gasteiger partial charge < -0.3 is 9.84 Å². The predicted molar refractivity (Wildman–Crippen MR) is 79.9 cm³/mol. The molecular formula is C16H22N4O. The number of nitrogens with zero attached hydrogens (tertiary/aromatic N) is 3. The molecule has 1 N–H and O–H groups in total. The Hall–Kier alpha value is -1.75. The molecule has 0 radical (unpaired) electrons. The van der Waals surface area contributed by atoms with E-state index in [1.807, 2.05) is 25.2 Å². The monoisotopic (exact) mass is 286 g/mol. The van der Waals surface area contributed by atoms with Gasteiger partial charge in [-0.05, 0) is 32.0 Å². The van der Waals surface area contributed by atoms with E-state index in [1.165, 1.54) is 32.1 Å². The molecule has 2 heterocycles. The van der Waals surface area contributed by atoms with Crippen molar-refractivity contribution in [2.45, 2.75) is 50.5 Å². The first-order valence-electron chi connectivity index (χ1n) is 7.70. The molecule has 0 spiro atoms. The molecule has 1 saturated carbocycles. The highest BCUT2D eigenvalue weighted by Crippen LogP contribution is 2.30. The molecule has 5 nitrogen and oxygen atoms in total. The van der Waals surface area contributed by atoms with Gasteiger partial charge in [-0.15, -0.1) is 0 Å². The van der Waals surface area contributed by atoms with Crippen molar-refractivity contribution in [1.82, 2.24) is 20.4 Å². The number of hydrogen-bond acceptors (Lipinski definition) is 5. The molecule has 2 aromatic rings. The summed E-state index contributed by atoms with van der Waals surface area (Å²) in [5.41, 5.74) is 1.10. The van der Waals surface area contributed by atoms with Crippen molar-refractivity contribution >= 4 is 0 Å². The van der Waals surface area contributed by atoms with Crippen LogP contribution in [0.5, 0.6) is 0 Å². The molecule has 0 unspecified atom stereocenters. The number of likely N-dealkylation sites (N-methyl/N-ethyl adjacent to an activating group) is 1. The Kier molecular flexibility index (Phi) is 4.29. The summed E-state index contributed by atoms with van der Waals surface area (Å²) in [6, 6.07) is 5.86. The lowest BCUT2D eigenvalue weighted by molar-refractivity contribution is 0.221. The fourth-order valence-corrected chi connectivity index (χ4v) is 3.13. The van der Waals surface area contributed by atoms with Crippen molar-refractivity contribution in [3.63, 3.8) is 0 Å². The highest BCUT2D eigenvalue weighted by molar-refractivity contribution is 5.09. The summed E-state index contributed by atoms with van der Waals surface area (Å²) in [5.74, 6) is 1.45. The zero-order valence-electron chi connectivity index (χ0n) is 12.5. The Labute approximate surface area is 125 Å². The summed E-state index contributed by atoms with van der Waals surface area (Å²) in [5, 5.41) is 7.57. The SMILES string of the molecule is CNC1(Cc2nc(Cc3ccccn3)no2)CCCCC1. The second-order valence-corrected chi connectivity index (χ2v) is 5.87. The molecule has 2 aromatic heterocycles. The third-order valence-corrected chi connectivity index (χ3v) is 4.41. The summed E-state index contributed by atoms with van der Waals surface area (Å²) in [6.07, 6.45) is 9.47. The minimum absolute atomic E-state index is 0.132. The third-order valence-electron chi connectivity index (χ3n) is 4.41. The van der Waals surface area contributed by atoms with Crippen molar-refractivity contribution in [2.75, 3.05) is 7.05 Å². The van der Waals surface area contributed by atoms with Crippen LogP contribution in [0.2, 0.25) is 0 Å². The van der Waals surface area contributed by atoms with E-state index in [0.29, 0.717) is 12.2 Å². The van der Waals surface area contributed by atoms with E-state index in [4.69, 9.17) is 4.52 Å². The average Bonchev–Trinajstić information content (AvgIpc) is 2.96. The third kappa shape index (κ3) is 3.47. The molecule has 0 aliphatic heterocycles. The first kappa shape index (κ1) is 14.2. The minimum Gasteiger partial charge on any atom is -0.339 e. The summed E-state index contributed by atoms with van der Waals surface area (Å²) in [4.78, 5) is 8.83. The van der Waals surface area contributed by atoms with Crippen LogP contribution in [0.15, 0.2) is 28.9 Å². The molecule has 3 rings (SSSR count). The molecule has 21 heavy (non-hydrogen) atoms. The van der Waals surface area contributed by atoms with E-state index >= 15 is 0 Å². The van der Waals surface area contributed by atoms with Crippen molar-refractivity contribution < 1.29 is 4.52 Å². The Balaban J connectivity index is 1.67. The maximum absolute atomic E-state index is 5.44. The van der Waals surface area contributed by atoms with Crippen LogP contribution in [0.1, 0.15) is 49.5 Å². The van der Waals surface area contributed by atoms with E-state index in [0.717, 1.165) is 18.0 Å². The van der Waals surface area contributed by atoms with E-state index in [9.17, 15) is 0 Å². The van der Waals surface area contributed by atoms with Gasteiger partial charge in [0.25, 0.3) is 0 Å². The van der Waals surface area contributed by atoms with Gasteiger partial charge in [0.2, 0.25) is 5.89 Å². The standard InChI is InChI=1S/C16H22N4O/c1-17-16(8-4-2-5-9-16)12-15-19-14(20-21-15)11-13-7-3-6-10-18-13/h3,6-7,10,17H,2,4-5,8-9,11-12H2,1H3. The molecule has 5 heteroatoms. The largest absolute Gasteiger partial charge is 0.339 e. The second kappa shape index (κ2) is 6.35. The Morgan fingerprint density at radius 1 is 1.24 bits per heavy atom. The van der Waals surface area contributed by atoms with Crippen LogP contribution in [-0.2, 0) is 12.8 Å². The van der Waals surface area contributed by atoms with E-state index in [1.54, 1.807) is 6.20 Å². The van der Waals surface area contributed by atoms with Gasteiger partial charge in [0.15, 0.2) is 5.82 Å². The topological polar surface area (TPSA) is 63.8 Å². The summed E-state index contributed by atoms with van der Waals surface area (Å²) >= 11 is 0. The fourth-order valence-electron chi connectivity index (χ4n) is 3.13. The van der Waals surface area contributed by atoms with Crippen LogP contribution >= 0.6 is 0 Å². The number of pyridine rings is 1. The van der Waals surface area contributed by atoms with E-state index in [-0.39, 0.29) is 5.54 Å². The van der Waals surface area contributed by atoms with Crippen LogP contribution in [0.25, 0.3) is 0 Å². The van der Waals surface area contributed by atoms with Gasteiger partial charge in [0.1, 0.15) is 0 Å². The molecule has 0 saturated heterocycles. The molecule has 1 aliphatic carbocycles. The van der Waals surface area contributed by atoms with Gasteiger partial charge in [0, 0.05) is 23.9 Å². The quantitative estimate of drug-likeness (QED) is 0.915. The number of rotatable bonds is 5. The summed E-state index contributed by atoms with van der Waals surface area (Å²) in [7, 11) is 2.04. The van der Waals surface area contributed by atoms with E-state index < -0.39 is 0 Å². The first-order valence-corrected chi connectivity index (χ1v) is 7.70. The van der Waals surface area contributed by atoms with Crippen molar-refractivity contribution in [1.29, 1.82) is 0 Å². The Morgan fingerprint density at radius 2 is 2.10 bits per heavy atom. The Bertz CT molecular complexity index is 561. The number of nitrogens with one attached hydrogen (secondary N) is 1. The van der Waals surface area contributed by atoms with Crippen LogP contribution in [0.3, 0.4) is 0 Å². The molecule has 1 fully saturated rings. The predicted octanol–water partition coefficient (Wildman–Crippen LogP) is 2.52. The van der Waals surface area contributed by atoms with Crippen LogP contribution in [0, 0.1) is 0 Å². The van der Waals surface area contributed by atoms with Crippen molar-refractivity contribution in [3.05, 3.63) is 41.8 Å². The van der Waals surface area contributed by atoms with Crippen LogP contribution in [-0.4, -0.2) is 27.7 Å². The molecule has 0 bridgehead atoms. The minimum atomic E-state index is 0.132. The van der Waals surface area contributed by atoms with Gasteiger partial charge in [-0.3, -0.25) is 4.98 Å². The van der Waals surface area contributed by atoms with Crippen LogP contribution < -0.4 is 5.32 Å². The average molecular weight is 286 g/mol. The fraction of sp³-hybridized carbons (Fsp3) is 0.562. The summed E-state index contributed by atoms with van der Waals surface area (Å²) < 4.78 is 5.44. The van der Waals surface area contributed by atoms with Gasteiger partial charge in [-0.25, -0.2) is 0 Å². The number of aromatic nitrogens is 3. The lowest BCUT2D eigenvalue weighted by atomic mass is 9.79. The molecule has 0 atom stereocenters. The van der Waals surface area contributed by atoms with Gasteiger partial charge in [0.05, 0.1) is 6.42 Å². The number of hydrogen-bond donors (Lipinski definition) is 1. The van der Waals surface area contributed by atoms with Crippen molar-refractivity contribution in [3.8, 4) is 0 Å². The normalized spacial score (nSPS) is 17.8. The van der Waals surface area contributed by atoms with E-state index in [2.05, 4.69) is 20.4 Å². The Morgan fingerprint density at radius 3 is 2.81 bits per heavy atom. The van der Waals surface area contributed by atoms with Crippen molar-refractivity contribution in [2.24, 2.45) is 0 Å². The van der Waals surface area contributed by atoms with Gasteiger partial charge in [-0.1, -0.05) is 30.5 Å². The molecular weight excluding hydrogens is 264 g/mol. The highest BCUT2D eigenvalue weighted by atomic mass is 16.5. The molecule has 1 aliphatic rings. The lowest BCUT2D eigenvalue weighted by Crippen LogP contribution is -2.46.